The van der Waals surface area contributed by atoms with Gasteiger partial charge in [0.25, 0.3) is 0 Å². The molecule has 2 aromatic rings. The zero-order valence-electron chi connectivity index (χ0n) is 14.0. The minimum Gasteiger partial charge on any atom is -0.360 e. The predicted octanol–water partition coefficient (Wildman–Crippen LogP) is 2.02. The first-order chi connectivity index (χ1) is 11.2. The van der Waals surface area contributed by atoms with E-state index in [2.05, 4.69) is 48.2 Å². The molecular weight excluding hydrogens is 284 g/mol. The van der Waals surface area contributed by atoms with Gasteiger partial charge in [-0.05, 0) is 37.1 Å². The molecule has 0 saturated carbocycles. The Morgan fingerprint density at radius 3 is 2.39 bits per heavy atom. The Balaban J connectivity index is 1.65. The van der Waals surface area contributed by atoms with Crippen LogP contribution in [0.25, 0.3) is 0 Å². The Kier molecular flexibility index (Phi) is 4.77. The normalized spacial score (nSPS) is 15.7. The molecule has 1 heterocycles. The number of aldehydes is 1. The summed E-state index contributed by atoms with van der Waals surface area (Å²) < 4.78 is 0. The van der Waals surface area contributed by atoms with Crippen LogP contribution >= 0.6 is 0 Å². The second-order valence-corrected chi connectivity index (χ2v) is 6.51. The lowest BCUT2D eigenvalue weighted by atomic mass is 10.0. The van der Waals surface area contributed by atoms with E-state index in [1.165, 1.54) is 16.8 Å². The summed E-state index contributed by atoms with van der Waals surface area (Å²) in [6.45, 7) is 9.68. The van der Waals surface area contributed by atoms with Crippen molar-refractivity contribution >= 4 is 12.0 Å². The number of piperazine rings is 1. The summed E-state index contributed by atoms with van der Waals surface area (Å²) in [5.74, 6) is 0. The maximum atomic E-state index is 11.1. The molecule has 0 unspecified atom stereocenters. The van der Waals surface area contributed by atoms with E-state index in [1.54, 1.807) is 4.90 Å². The van der Waals surface area contributed by atoms with E-state index in [4.69, 9.17) is 0 Å². The lowest BCUT2D eigenvalue weighted by molar-refractivity contribution is -0.914. The van der Waals surface area contributed by atoms with Crippen molar-refractivity contribution in [3.63, 3.8) is 0 Å². The van der Waals surface area contributed by atoms with Gasteiger partial charge in [-0.25, -0.2) is 0 Å². The molecule has 3 heteroatoms. The molecule has 1 aliphatic heterocycles. The summed E-state index contributed by atoms with van der Waals surface area (Å²) in [6, 6.07) is 14.9. The number of hydrogen-bond acceptors (Lipinski definition) is 2. The van der Waals surface area contributed by atoms with Gasteiger partial charge in [-0.3, -0.25) is 4.79 Å². The molecule has 0 amide bonds. The summed E-state index contributed by atoms with van der Waals surface area (Å²) in [5, 5.41) is 0. The average molecular weight is 309 g/mol. The van der Waals surface area contributed by atoms with Gasteiger partial charge >= 0.3 is 0 Å². The SMILES string of the molecule is Cc1cc(N2CC[NH+](Cc3ccccc3)CC2)c(C)cc1C=O. The van der Waals surface area contributed by atoms with Crippen molar-refractivity contribution in [1.82, 2.24) is 0 Å². The first kappa shape index (κ1) is 15.8. The summed E-state index contributed by atoms with van der Waals surface area (Å²) in [4.78, 5) is 15.2. The van der Waals surface area contributed by atoms with Crippen LogP contribution in [0.1, 0.15) is 27.0 Å². The van der Waals surface area contributed by atoms with Gasteiger partial charge in [0.2, 0.25) is 0 Å². The van der Waals surface area contributed by atoms with Crippen molar-refractivity contribution in [3.8, 4) is 0 Å². The number of rotatable bonds is 4. The maximum Gasteiger partial charge on any atom is 0.150 e. The quantitative estimate of drug-likeness (QED) is 0.874. The standard InChI is InChI=1S/C20H24N2O/c1-16-13-20(17(2)12-19(16)15-23)22-10-8-21(9-11-22)14-18-6-4-3-5-7-18/h3-7,12-13,15H,8-11,14H2,1-2H3/p+1. The van der Waals surface area contributed by atoms with Crippen LogP contribution in [0.5, 0.6) is 0 Å². The molecule has 3 nitrogen and oxygen atoms in total. The average Bonchev–Trinajstić information content (AvgIpc) is 2.58. The van der Waals surface area contributed by atoms with Gasteiger partial charge in [0.05, 0.1) is 26.2 Å². The number of hydrogen-bond donors (Lipinski definition) is 1. The zero-order chi connectivity index (χ0) is 16.2. The van der Waals surface area contributed by atoms with Crippen LogP contribution in [-0.2, 0) is 6.54 Å². The Labute approximate surface area is 138 Å². The van der Waals surface area contributed by atoms with Gasteiger partial charge in [0.15, 0.2) is 0 Å². The Morgan fingerprint density at radius 2 is 1.74 bits per heavy atom. The molecule has 0 atom stereocenters. The molecule has 0 aromatic heterocycles. The number of quaternary nitrogens is 1. The first-order valence-electron chi connectivity index (χ1n) is 8.36. The van der Waals surface area contributed by atoms with Crippen molar-refractivity contribution in [3.05, 3.63) is 64.7 Å². The Bertz CT molecular complexity index is 674. The minimum absolute atomic E-state index is 0.805. The van der Waals surface area contributed by atoms with Crippen molar-refractivity contribution < 1.29 is 9.69 Å². The van der Waals surface area contributed by atoms with Crippen LogP contribution in [0.3, 0.4) is 0 Å². The molecule has 1 fully saturated rings. The highest BCUT2D eigenvalue weighted by Gasteiger charge is 2.21. The largest absolute Gasteiger partial charge is 0.360 e. The number of carbonyl (C=O) groups excluding carboxylic acids is 1. The molecule has 1 saturated heterocycles. The third kappa shape index (κ3) is 3.62. The summed E-state index contributed by atoms with van der Waals surface area (Å²) in [5.41, 5.74) is 5.77. The smallest absolute Gasteiger partial charge is 0.150 e. The number of aryl methyl sites for hydroxylation is 2. The van der Waals surface area contributed by atoms with Crippen LogP contribution in [0, 0.1) is 13.8 Å². The van der Waals surface area contributed by atoms with Gasteiger partial charge in [0.1, 0.15) is 12.8 Å². The summed E-state index contributed by atoms with van der Waals surface area (Å²) in [6.07, 6.45) is 0.952. The summed E-state index contributed by atoms with van der Waals surface area (Å²) >= 11 is 0. The molecule has 1 N–H and O–H groups in total. The van der Waals surface area contributed by atoms with Gasteiger partial charge < -0.3 is 9.80 Å². The fraction of sp³-hybridized carbons (Fsp3) is 0.350. The third-order valence-electron chi connectivity index (χ3n) is 4.82. The van der Waals surface area contributed by atoms with Crippen molar-refractivity contribution in [2.24, 2.45) is 0 Å². The van der Waals surface area contributed by atoms with Gasteiger partial charge in [-0.2, -0.15) is 0 Å². The van der Waals surface area contributed by atoms with Crippen LogP contribution < -0.4 is 9.80 Å². The van der Waals surface area contributed by atoms with E-state index < -0.39 is 0 Å². The molecule has 120 valence electrons. The lowest BCUT2D eigenvalue weighted by Crippen LogP contribution is -3.13. The Hall–Kier alpha value is -2.13. The molecule has 23 heavy (non-hydrogen) atoms. The molecule has 3 rings (SSSR count). The molecule has 0 spiro atoms. The highest BCUT2D eigenvalue weighted by atomic mass is 16.1. The molecular formula is C20H25N2O+. The molecule has 2 aromatic carbocycles. The van der Waals surface area contributed by atoms with E-state index in [0.717, 1.165) is 50.1 Å². The minimum atomic E-state index is 0.805. The van der Waals surface area contributed by atoms with Crippen molar-refractivity contribution in [2.75, 3.05) is 31.1 Å². The highest BCUT2D eigenvalue weighted by Crippen LogP contribution is 2.23. The molecule has 1 aliphatic rings. The number of nitrogens with one attached hydrogen (secondary N) is 1. The number of carbonyl (C=O) groups is 1. The van der Waals surface area contributed by atoms with E-state index in [-0.39, 0.29) is 0 Å². The highest BCUT2D eigenvalue weighted by molar-refractivity contribution is 5.79. The fourth-order valence-corrected chi connectivity index (χ4v) is 3.42. The van der Waals surface area contributed by atoms with E-state index >= 15 is 0 Å². The van der Waals surface area contributed by atoms with Gasteiger partial charge in [-0.1, -0.05) is 30.3 Å². The van der Waals surface area contributed by atoms with Crippen LogP contribution in [0.4, 0.5) is 5.69 Å². The van der Waals surface area contributed by atoms with E-state index in [9.17, 15) is 4.79 Å². The maximum absolute atomic E-state index is 11.1. The molecule has 0 radical (unpaired) electrons. The van der Waals surface area contributed by atoms with Gasteiger partial charge in [0, 0.05) is 16.8 Å². The topological polar surface area (TPSA) is 24.8 Å². The van der Waals surface area contributed by atoms with Crippen molar-refractivity contribution in [1.29, 1.82) is 0 Å². The van der Waals surface area contributed by atoms with Crippen LogP contribution in [0.2, 0.25) is 0 Å². The second-order valence-electron chi connectivity index (χ2n) is 6.51. The van der Waals surface area contributed by atoms with E-state index in [1.807, 2.05) is 13.0 Å². The predicted molar refractivity (Wildman–Crippen MR) is 94.4 cm³/mol. The summed E-state index contributed by atoms with van der Waals surface area (Å²) in [7, 11) is 0. The van der Waals surface area contributed by atoms with Crippen molar-refractivity contribution in [2.45, 2.75) is 20.4 Å². The second kappa shape index (κ2) is 6.97. The monoisotopic (exact) mass is 309 g/mol. The number of benzene rings is 2. The van der Waals surface area contributed by atoms with Crippen LogP contribution in [0.15, 0.2) is 42.5 Å². The van der Waals surface area contributed by atoms with Crippen LogP contribution in [-0.4, -0.2) is 32.5 Å². The van der Waals surface area contributed by atoms with E-state index in [0.29, 0.717) is 0 Å². The zero-order valence-corrected chi connectivity index (χ0v) is 14.0. The molecule has 0 aliphatic carbocycles. The third-order valence-corrected chi connectivity index (χ3v) is 4.82. The first-order valence-corrected chi connectivity index (χ1v) is 8.36. The lowest BCUT2D eigenvalue weighted by Gasteiger charge is -2.34. The van der Waals surface area contributed by atoms with Gasteiger partial charge in [-0.15, -0.1) is 0 Å². The molecule has 0 bridgehead atoms. The number of anilines is 1. The Morgan fingerprint density at radius 1 is 1.04 bits per heavy atom. The number of nitrogens with zero attached hydrogens (tertiary/aromatic N) is 1. The fourth-order valence-electron chi connectivity index (χ4n) is 3.42.